The maximum absolute atomic E-state index is 5.38. The Balaban J connectivity index is 1.48. The number of furan rings is 1. The number of ether oxygens (including phenoxy) is 1. The third-order valence-electron chi connectivity index (χ3n) is 4.79. The zero-order valence-electron chi connectivity index (χ0n) is 14.8. The highest BCUT2D eigenvalue weighted by molar-refractivity contribution is 5.80. The summed E-state index contributed by atoms with van der Waals surface area (Å²) >= 11 is 0. The van der Waals surface area contributed by atoms with Crippen molar-refractivity contribution in [2.45, 2.75) is 50.7 Å². The maximum Gasteiger partial charge on any atom is 0.191 e. The summed E-state index contributed by atoms with van der Waals surface area (Å²) in [6, 6.07) is 5.89. The molecule has 2 atom stereocenters. The van der Waals surface area contributed by atoms with E-state index in [1.807, 2.05) is 12.1 Å². The van der Waals surface area contributed by atoms with Crippen molar-refractivity contribution < 1.29 is 9.15 Å². The second-order valence-corrected chi connectivity index (χ2v) is 6.83. The highest BCUT2D eigenvalue weighted by atomic mass is 16.5. The number of guanidine groups is 1. The molecule has 3 rings (SSSR count). The SMILES string of the molecule is COCCN=C(NCCc1ccco1)NC1CC(C)N(C2CC2)C1. The van der Waals surface area contributed by atoms with Crippen LogP contribution < -0.4 is 10.6 Å². The van der Waals surface area contributed by atoms with Crippen molar-refractivity contribution in [1.29, 1.82) is 0 Å². The zero-order valence-corrected chi connectivity index (χ0v) is 14.8. The molecule has 0 spiro atoms. The molecule has 1 saturated carbocycles. The second-order valence-electron chi connectivity index (χ2n) is 6.83. The van der Waals surface area contributed by atoms with Crippen LogP contribution in [0.4, 0.5) is 0 Å². The van der Waals surface area contributed by atoms with Crippen molar-refractivity contribution in [2.24, 2.45) is 4.99 Å². The standard InChI is InChI=1S/C18H30N4O2/c1-14-12-15(13-22(14)16-5-6-16)21-18(20-9-11-23-2)19-8-7-17-4-3-10-24-17/h3-4,10,14-16H,5-9,11-13H2,1-2H3,(H2,19,20,21). The van der Waals surface area contributed by atoms with Gasteiger partial charge in [-0.05, 0) is 38.3 Å². The minimum absolute atomic E-state index is 0.470. The Morgan fingerprint density at radius 3 is 3.04 bits per heavy atom. The Labute approximate surface area is 144 Å². The number of methoxy groups -OCH3 is 1. The Morgan fingerprint density at radius 2 is 2.33 bits per heavy atom. The summed E-state index contributed by atoms with van der Waals surface area (Å²) in [4.78, 5) is 7.27. The first-order chi connectivity index (χ1) is 11.8. The molecule has 134 valence electrons. The molecular formula is C18H30N4O2. The van der Waals surface area contributed by atoms with Gasteiger partial charge >= 0.3 is 0 Å². The molecule has 1 aliphatic carbocycles. The van der Waals surface area contributed by atoms with Gasteiger partial charge in [-0.25, -0.2) is 0 Å². The summed E-state index contributed by atoms with van der Waals surface area (Å²) in [7, 11) is 1.71. The molecule has 1 saturated heterocycles. The average Bonchev–Trinajstić information content (AvgIpc) is 3.15. The predicted octanol–water partition coefficient (Wildman–Crippen LogP) is 1.63. The molecule has 0 bridgehead atoms. The van der Waals surface area contributed by atoms with Crippen molar-refractivity contribution >= 4 is 5.96 Å². The summed E-state index contributed by atoms with van der Waals surface area (Å²) < 4.78 is 10.5. The van der Waals surface area contributed by atoms with Gasteiger partial charge in [0.2, 0.25) is 0 Å². The monoisotopic (exact) mass is 334 g/mol. The van der Waals surface area contributed by atoms with E-state index in [0.29, 0.717) is 25.2 Å². The Kier molecular flexibility index (Phi) is 6.15. The first-order valence-electron chi connectivity index (χ1n) is 9.08. The van der Waals surface area contributed by atoms with Crippen LogP contribution in [0.2, 0.25) is 0 Å². The van der Waals surface area contributed by atoms with Gasteiger partial charge in [0.1, 0.15) is 5.76 Å². The largest absolute Gasteiger partial charge is 0.469 e. The molecule has 0 amide bonds. The van der Waals surface area contributed by atoms with Crippen LogP contribution in [0.1, 0.15) is 31.9 Å². The predicted molar refractivity (Wildman–Crippen MR) is 95.3 cm³/mol. The van der Waals surface area contributed by atoms with Crippen LogP contribution in [0.3, 0.4) is 0 Å². The minimum atomic E-state index is 0.470. The fourth-order valence-electron chi connectivity index (χ4n) is 3.43. The lowest BCUT2D eigenvalue weighted by atomic mass is 10.2. The summed E-state index contributed by atoms with van der Waals surface area (Å²) in [5, 5.41) is 7.03. The number of nitrogens with zero attached hydrogens (tertiary/aromatic N) is 2. The molecule has 2 heterocycles. The molecule has 6 heteroatoms. The second kappa shape index (κ2) is 8.53. The van der Waals surface area contributed by atoms with E-state index in [1.165, 1.54) is 19.3 Å². The zero-order chi connectivity index (χ0) is 16.8. The number of hydrogen-bond acceptors (Lipinski definition) is 4. The van der Waals surface area contributed by atoms with Gasteiger partial charge in [-0.2, -0.15) is 0 Å². The maximum atomic E-state index is 5.38. The Morgan fingerprint density at radius 1 is 1.46 bits per heavy atom. The lowest BCUT2D eigenvalue weighted by Crippen LogP contribution is -2.45. The molecule has 1 aromatic rings. The van der Waals surface area contributed by atoms with Gasteiger partial charge in [0, 0.05) is 44.7 Å². The van der Waals surface area contributed by atoms with Gasteiger partial charge < -0.3 is 19.8 Å². The van der Waals surface area contributed by atoms with Crippen LogP contribution in [-0.4, -0.2) is 62.3 Å². The lowest BCUT2D eigenvalue weighted by molar-refractivity contribution is 0.208. The molecule has 0 radical (unpaired) electrons. The summed E-state index contributed by atoms with van der Waals surface area (Å²) in [5.74, 6) is 1.88. The van der Waals surface area contributed by atoms with Crippen LogP contribution in [0.25, 0.3) is 0 Å². The van der Waals surface area contributed by atoms with Crippen LogP contribution >= 0.6 is 0 Å². The number of hydrogen-bond donors (Lipinski definition) is 2. The molecular weight excluding hydrogens is 304 g/mol. The van der Waals surface area contributed by atoms with E-state index >= 15 is 0 Å². The van der Waals surface area contributed by atoms with Crippen molar-refractivity contribution in [3.05, 3.63) is 24.2 Å². The lowest BCUT2D eigenvalue weighted by Gasteiger charge is -2.20. The smallest absolute Gasteiger partial charge is 0.191 e. The van der Waals surface area contributed by atoms with E-state index in [-0.39, 0.29) is 0 Å². The number of aliphatic imine (C=N–C) groups is 1. The molecule has 0 aromatic carbocycles. The number of rotatable bonds is 8. The van der Waals surface area contributed by atoms with E-state index in [2.05, 4.69) is 27.4 Å². The van der Waals surface area contributed by atoms with E-state index in [4.69, 9.17) is 9.15 Å². The minimum Gasteiger partial charge on any atom is -0.469 e. The van der Waals surface area contributed by atoms with Gasteiger partial charge in [0.15, 0.2) is 5.96 Å². The third-order valence-corrected chi connectivity index (χ3v) is 4.79. The van der Waals surface area contributed by atoms with E-state index < -0.39 is 0 Å². The molecule has 2 fully saturated rings. The fraction of sp³-hybridized carbons (Fsp3) is 0.722. The normalized spacial score (nSPS) is 25.2. The van der Waals surface area contributed by atoms with Gasteiger partial charge in [-0.3, -0.25) is 9.89 Å². The van der Waals surface area contributed by atoms with Gasteiger partial charge in [-0.15, -0.1) is 0 Å². The third kappa shape index (κ3) is 4.98. The van der Waals surface area contributed by atoms with E-state index in [0.717, 1.165) is 37.3 Å². The first-order valence-corrected chi connectivity index (χ1v) is 9.08. The highest BCUT2D eigenvalue weighted by Crippen LogP contribution is 2.33. The molecule has 6 nitrogen and oxygen atoms in total. The van der Waals surface area contributed by atoms with Gasteiger partial charge in [0.25, 0.3) is 0 Å². The van der Waals surface area contributed by atoms with Gasteiger partial charge in [0.05, 0.1) is 19.4 Å². The quantitative estimate of drug-likeness (QED) is 0.430. The van der Waals surface area contributed by atoms with Gasteiger partial charge in [-0.1, -0.05) is 0 Å². The van der Waals surface area contributed by atoms with E-state index in [9.17, 15) is 0 Å². The Bertz CT molecular complexity index is 513. The van der Waals surface area contributed by atoms with Crippen molar-refractivity contribution in [2.75, 3.05) is 33.4 Å². The van der Waals surface area contributed by atoms with Crippen molar-refractivity contribution in [3.63, 3.8) is 0 Å². The first kappa shape index (κ1) is 17.3. The number of likely N-dealkylation sites (tertiary alicyclic amines) is 1. The Hall–Kier alpha value is -1.53. The van der Waals surface area contributed by atoms with Crippen LogP contribution in [-0.2, 0) is 11.2 Å². The molecule has 1 aromatic heterocycles. The molecule has 1 aliphatic heterocycles. The van der Waals surface area contributed by atoms with Crippen molar-refractivity contribution in [3.8, 4) is 0 Å². The highest BCUT2D eigenvalue weighted by Gasteiger charge is 2.38. The van der Waals surface area contributed by atoms with Crippen LogP contribution in [0.5, 0.6) is 0 Å². The summed E-state index contributed by atoms with van der Waals surface area (Å²) in [6.07, 6.45) is 6.49. The van der Waals surface area contributed by atoms with E-state index in [1.54, 1.807) is 13.4 Å². The topological polar surface area (TPSA) is 62.0 Å². The van der Waals surface area contributed by atoms with Crippen molar-refractivity contribution in [1.82, 2.24) is 15.5 Å². The van der Waals surface area contributed by atoms with Crippen LogP contribution in [0, 0.1) is 0 Å². The molecule has 2 N–H and O–H groups in total. The molecule has 2 unspecified atom stereocenters. The average molecular weight is 334 g/mol. The summed E-state index contributed by atoms with van der Waals surface area (Å²) in [5.41, 5.74) is 0. The number of nitrogens with one attached hydrogen (secondary N) is 2. The fourth-order valence-corrected chi connectivity index (χ4v) is 3.43. The summed E-state index contributed by atoms with van der Waals surface area (Å²) in [6.45, 7) is 5.57. The molecule has 24 heavy (non-hydrogen) atoms. The molecule has 2 aliphatic rings. The van der Waals surface area contributed by atoms with Crippen LogP contribution in [0.15, 0.2) is 27.8 Å².